The lowest BCUT2D eigenvalue weighted by Gasteiger charge is -2.21. The molecule has 1 fully saturated rings. The van der Waals surface area contributed by atoms with Gasteiger partial charge in [-0.1, -0.05) is 35.9 Å². The molecule has 7 heteroatoms. The molecule has 0 bridgehead atoms. The fraction of sp³-hybridized carbons (Fsp3) is 0.235. The minimum atomic E-state index is -3.81. The zero-order valence-corrected chi connectivity index (χ0v) is 14.3. The second kappa shape index (κ2) is 6.55. The van der Waals surface area contributed by atoms with Gasteiger partial charge in [-0.2, -0.15) is 4.31 Å². The van der Waals surface area contributed by atoms with Crippen LogP contribution in [0.3, 0.4) is 0 Å². The average Bonchev–Trinajstić information content (AvgIpc) is 3.06. The van der Waals surface area contributed by atoms with E-state index in [-0.39, 0.29) is 11.4 Å². The molecule has 1 N–H and O–H groups in total. The van der Waals surface area contributed by atoms with Crippen LogP contribution in [0, 0.1) is 0 Å². The molecule has 0 radical (unpaired) electrons. The average molecular weight is 366 g/mol. The largest absolute Gasteiger partial charge is 0.480 e. The van der Waals surface area contributed by atoms with Crippen LogP contribution < -0.4 is 0 Å². The summed E-state index contributed by atoms with van der Waals surface area (Å²) in [6, 6.07) is 12.7. The smallest absolute Gasteiger partial charge is 0.322 e. The third-order valence-electron chi connectivity index (χ3n) is 4.13. The monoisotopic (exact) mass is 365 g/mol. The number of nitrogens with zero attached hydrogens (tertiary/aromatic N) is 1. The van der Waals surface area contributed by atoms with Crippen LogP contribution in [0.5, 0.6) is 0 Å². The van der Waals surface area contributed by atoms with Gasteiger partial charge in [0, 0.05) is 11.6 Å². The van der Waals surface area contributed by atoms with Gasteiger partial charge in [0.25, 0.3) is 0 Å². The first-order chi connectivity index (χ1) is 11.4. The van der Waals surface area contributed by atoms with Gasteiger partial charge in [-0.05, 0) is 48.2 Å². The molecular formula is C17H16ClNO4S. The van der Waals surface area contributed by atoms with Crippen molar-refractivity contribution >= 4 is 27.6 Å². The Morgan fingerprint density at radius 1 is 1.04 bits per heavy atom. The van der Waals surface area contributed by atoms with Gasteiger partial charge in [0.2, 0.25) is 10.0 Å². The molecule has 0 aliphatic carbocycles. The fourth-order valence-corrected chi connectivity index (χ4v) is 4.65. The Labute approximate surface area is 145 Å². The summed E-state index contributed by atoms with van der Waals surface area (Å²) in [4.78, 5) is 11.3. The highest BCUT2D eigenvalue weighted by Crippen LogP contribution is 2.28. The highest BCUT2D eigenvalue weighted by atomic mass is 35.5. The fourth-order valence-electron chi connectivity index (χ4n) is 2.87. The van der Waals surface area contributed by atoms with Gasteiger partial charge in [-0.15, -0.1) is 0 Å². The number of aliphatic carboxylic acids is 1. The number of rotatable bonds is 4. The van der Waals surface area contributed by atoms with E-state index < -0.39 is 22.0 Å². The maximum absolute atomic E-state index is 12.7. The van der Waals surface area contributed by atoms with Crippen molar-refractivity contribution in [3.8, 4) is 11.1 Å². The third kappa shape index (κ3) is 3.17. The summed E-state index contributed by atoms with van der Waals surface area (Å²) in [5.74, 6) is -1.10. The highest BCUT2D eigenvalue weighted by Gasteiger charge is 2.39. The molecule has 5 nitrogen and oxygen atoms in total. The molecular weight excluding hydrogens is 350 g/mol. The van der Waals surface area contributed by atoms with Crippen molar-refractivity contribution in [2.24, 2.45) is 0 Å². The van der Waals surface area contributed by atoms with Gasteiger partial charge in [-0.25, -0.2) is 8.42 Å². The molecule has 2 aromatic carbocycles. The van der Waals surface area contributed by atoms with E-state index in [0.29, 0.717) is 17.9 Å². The Hall–Kier alpha value is -1.89. The third-order valence-corrected chi connectivity index (χ3v) is 6.30. The zero-order valence-electron chi connectivity index (χ0n) is 12.7. The van der Waals surface area contributed by atoms with Crippen molar-refractivity contribution in [3.05, 3.63) is 53.6 Å². The SMILES string of the molecule is O=C(O)C1CCCN1S(=O)(=O)c1ccc(-c2ccc(Cl)cc2)cc1. The summed E-state index contributed by atoms with van der Waals surface area (Å²) in [5, 5.41) is 9.82. The predicted octanol–water partition coefficient (Wildman–Crippen LogP) is 3.24. The summed E-state index contributed by atoms with van der Waals surface area (Å²) in [5.41, 5.74) is 1.79. The molecule has 1 aliphatic rings. The Bertz CT molecular complexity index is 847. The lowest BCUT2D eigenvalue weighted by Crippen LogP contribution is -2.40. The van der Waals surface area contributed by atoms with Crippen LogP contribution in [0.1, 0.15) is 12.8 Å². The second-order valence-corrected chi connectivity index (χ2v) is 7.97. The Morgan fingerprint density at radius 3 is 2.12 bits per heavy atom. The Balaban J connectivity index is 1.89. The number of carboxylic acids is 1. The summed E-state index contributed by atoms with van der Waals surface area (Å²) in [6.07, 6.45) is 0.899. The topological polar surface area (TPSA) is 74.7 Å². The van der Waals surface area contributed by atoms with Crippen LogP contribution in [0.2, 0.25) is 5.02 Å². The van der Waals surface area contributed by atoms with Crippen molar-refractivity contribution in [2.75, 3.05) is 6.54 Å². The van der Waals surface area contributed by atoms with E-state index in [1.165, 1.54) is 12.1 Å². The van der Waals surface area contributed by atoms with Crippen LogP contribution in [0.25, 0.3) is 11.1 Å². The van der Waals surface area contributed by atoms with Crippen molar-refractivity contribution < 1.29 is 18.3 Å². The van der Waals surface area contributed by atoms with Crippen LogP contribution in [-0.2, 0) is 14.8 Å². The van der Waals surface area contributed by atoms with Gasteiger partial charge in [0.15, 0.2) is 0 Å². The van der Waals surface area contributed by atoms with E-state index >= 15 is 0 Å². The van der Waals surface area contributed by atoms with Gasteiger partial charge in [-0.3, -0.25) is 4.79 Å². The van der Waals surface area contributed by atoms with Gasteiger partial charge in [0.1, 0.15) is 6.04 Å². The molecule has 126 valence electrons. The number of halogens is 1. The van der Waals surface area contributed by atoms with Crippen molar-refractivity contribution in [3.63, 3.8) is 0 Å². The van der Waals surface area contributed by atoms with E-state index in [1.807, 2.05) is 12.1 Å². The van der Waals surface area contributed by atoms with Gasteiger partial charge >= 0.3 is 5.97 Å². The van der Waals surface area contributed by atoms with E-state index in [9.17, 15) is 18.3 Å². The standard InChI is InChI=1S/C17H16ClNO4S/c18-14-7-3-12(4-8-14)13-5-9-15(10-6-13)24(22,23)19-11-1-2-16(19)17(20)21/h3-10,16H,1-2,11H2,(H,20,21). The first kappa shape index (κ1) is 17.0. The zero-order chi connectivity index (χ0) is 17.3. The van der Waals surface area contributed by atoms with Crippen LogP contribution in [0.4, 0.5) is 0 Å². The highest BCUT2D eigenvalue weighted by molar-refractivity contribution is 7.89. The lowest BCUT2D eigenvalue weighted by atomic mass is 10.1. The van der Waals surface area contributed by atoms with Crippen LogP contribution in [-0.4, -0.2) is 36.4 Å². The number of hydrogen-bond donors (Lipinski definition) is 1. The molecule has 3 rings (SSSR count). The van der Waals surface area contributed by atoms with Crippen molar-refractivity contribution in [1.82, 2.24) is 4.31 Å². The van der Waals surface area contributed by atoms with Gasteiger partial charge < -0.3 is 5.11 Å². The molecule has 0 spiro atoms. The number of hydrogen-bond acceptors (Lipinski definition) is 3. The molecule has 0 aromatic heterocycles. The molecule has 0 amide bonds. The van der Waals surface area contributed by atoms with E-state index in [1.54, 1.807) is 24.3 Å². The minimum Gasteiger partial charge on any atom is -0.480 e. The molecule has 1 atom stereocenters. The van der Waals surface area contributed by atoms with Crippen molar-refractivity contribution in [1.29, 1.82) is 0 Å². The molecule has 1 heterocycles. The summed E-state index contributed by atoms with van der Waals surface area (Å²) in [6.45, 7) is 0.234. The van der Waals surface area contributed by atoms with E-state index in [0.717, 1.165) is 15.4 Å². The first-order valence-electron chi connectivity index (χ1n) is 7.50. The van der Waals surface area contributed by atoms with Crippen LogP contribution in [0.15, 0.2) is 53.4 Å². The molecule has 24 heavy (non-hydrogen) atoms. The number of carbonyl (C=O) groups is 1. The summed E-state index contributed by atoms with van der Waals surface area (Å²) in [7, 11) is -3.81. The Kier molecular flexibility index (Phi) is 4.62. The summed E-state index contributed by atoms with van der Waals surface area (Å²) < 4.78 is 26.4. The normalized spacial score (nSPS) is 18.6. The number of sulfonamides is 1. The van der Waals surface area contributed by atoms with Crippen molar-refractivity contribution in [2.45, 2.75) is 23.8 Å². The number of carboxylic acid groups (broad SMARTS) is 1. The van der Waals surface area contributed by atoms with Gasteiger partial charge in [0.05, 0.1) is 4.90 Å². The van der Waals surface area contributed by atoms with E-state index in [2.05, 4.69) is 0 Å². The second-order valence-electron chi connectivity index (χ2n) is 5.64. The maximum atomic E-state index is 12.7. The molecule has 1 aliphatic heterocycles. The van der Waals surface area contributed by atoms with Crippen LogP contribution >= 0.6 is 11.6 Å². The quantitative estimate of drug-likeness (QED) is 0.902. The lowest BCUT2D eigenvalue weighted by molar-refractivity contribution is -0.140. The Morgan fingerprint density at radius 2 is 1.58 bits per heavy atom. The number of benzene rings is 2. The molecule has 2 aromatic rings. The summed E-state index contributed by atoms with van der Waals surface area (Å²) >= 11 is 5.86. The molecule has 0 saturated carbocycles. The van der Waals surface area contributed by atoms with E-state index in [4.69, 9.17) is 11.6 Å². The predicted molar refractivity (Wildman–Crippen MR) is 91.4 cm³/mol. The first-order valence-corrected chi connectivity index (χ1v) is 9.32. The molecule has 1 unspecified atom stereocenters. The maximum Gasteiger partial charge on any atom is 0.322 e. The minimum absolute atomic E-state index is 0.105. The molecule has 1 saturated heterocycles.